The van der Waals surface area contributed by atoms with E-state index in [-0.39, 0.29) is 11.8 Å². The maximum absolute atomic E-state index is 12.7. The molecule has 1 aromatic heterocycles. The van der Waals surface area contributed by atoms with Crippen molar-refractivity contribution in [2.75, 3.05) is 22.9 Å². The van der Waals surface area contributed by atoms with Gasteiger partial charge in [-0.1, -0.05) is 37.6 Å². The smallest absolute Gasteiger partial charge is 0.327 e. The quantitative estimate of drug-likeness (QED) is 0.757. The maximum atomic E-state index is 12.7. The van der Waals surface area contributed by atoms with Crippen molar-refractivity contribution in [2.45, 2.75) is 39.5 Å². The van der Waals surface area contributed by atoms with E-state index in [2.05, 4.69) is 29.0 Å². The lowest BCUT2D eigenvalue weighted by Crippen LogP contribution is -2.54. The van der Waals surface area contributed by atoms with E-state index in [4.69, 9.17) is 11.6 Å². The van der Waals surface area contributed by atoms with Crippen LogP contribution in [0.25, 0.3) is 0 Å². The Balaban J connectivity index is 2.11. The van der Waals surface area contributed by atoms with Crippen molar-refractivity contribution in [1.29, 1.82) is 0 Å². The van der Waals surface area contributed by atoms with Gasteiger partial charge in [-0.15, -0.1) is 0 Å². The zero-order valence-electron chi connectivity index (χ0n) is 16.0. The third kappa shape index (κ3) is 3.75. The Morgan fingerprint density at radius 1 is 1.11 bits per heavy atom. The molecule has 3 rings (SSSR count). The van der Waals surface area contributed by atoms with E-state index in [9.17, 15) is 9.59 Å². The van der Waals surface area contributed by atoms with Crippen molar-refractivity contribution in [2.24, 2.45) is 7.05 Å². The second-order valence-corrected chi connectivity index (χ2v) is 7.20. The second kappa shape index (κ2) is 8.19. The molecule has 1 aromatic carbocycles. The van der Waals surface area contributed by atoms with Gasteiger partial charge in [0.25, 0.3) is 5.56 Å². The van der Waals surface area contributed by atoms with Gasteiger partial charge >= 0.3 is 5.69 Å². The van der Waals surface area contributed by atoms with Crippen molar-refractivity contribution in [1.82, 2.24) is 14.9 Å². The lowest BCUT2D eigenvalue weighted by atomic mass is 10.2. The summed E-state index contributed by atoms with van der Waals surface area (Å²) >= 11 is 6.01. The first-order valence-corrected chi connectivity index (χ1v) is 9.70. The van der Waals surface area contributed by atoms with Crippen molar-refractivity contribution >= 4 is 23.1 Å². The summed E-state index contributed by atoms with van der Waals surface area (Å²) in [7, 11) is 1.70. The fraction of sp³-hybridized carbons (Fsp3) is 0.474. The highest BCUT2D eigenvalue weighted by Crippen LogP contribution is 2.35. The molecule has 0 saturated heterocycles. The van der Waals surface area contributed by atoms with E-state index >= 15 is 0 Å². The lowest BCUT2D eigenvalue weighted by molar-refractivity contribution is 0.469. The van der Waals surface area contributed by atoms with E-state index < -0.39 is 5.69 Å². The molecule has 2 heterocycles. The first kappa shape index (κ1) is 19.5. The molecule has 0 bridgehead atoms. The van der Waals surface area contributed by atoms with Crippen LogP contribution in [0, 0.1) is 0 Å². The number of benzene rings is 1. The van der Waals surface area contributed by atoms with Crippen LogP contribution in [-0.4, -0.2) is 28.9 Å². The number of nitrogens with one attached hydrogen (secondary N) is 2. The molecule has 1 atom stereocenters. The molecular weight excluding hydrogens is 366 g/mol. The Morgan fingerprint density at radius 2 is 1.81 bits per heavy atom. The van der Waals surface area contributed by atoms with Gasteiger partial charge in [0.1, 0.15) is 11.5 Å². The van der Waals surface area contributed by atoms with Crippen LogP contribution in [0.15, 0.2) is 33.9 Å². The minimum Gasteiger partial charge on any atom is -0.327 e. The molecule has 0 amide bonds. The molecule has 0 radical (unpaired) electrons. The van der Waals surface area contributed by atoms with Crippen LogP contribution >= 0.6 is 11.6 Å². The molecule has 0 saturated carbocycles. The number of aromatic nitrogens is 2. The minimum atomic E-state index is -0.401. The Labute approximate surface area is 163 Å². The summed E-state index contributed by atoms with van der Waals surface area (Å²) in [5.74, 6) is 0.660. The number of H-pyrrole nitrogens is 1. The predicted octanol–water partition coefficient (Wildman–Crippen LogP) is 2.25. The van der Waals surface area contributed by atoms with Crippen LogP contribution in [0.5, 0.6) is 0 Å². The normalized spacial score (nSPS) is 16.1. The van der Waals surface area contributed by atoms with Gasteiger partial charge in [0, 0.05) is 25.2 Å². The van der Waals surface area contributed by atoms with Crippen molar-refractivity contribution in [3.05, 3.63) is 55.7 Å². The van der Waals surface area contributed by atoms with E-state index in [1.54, 1.807) is 7.05 Å². The lowest BCUT2D eigenvalue weighted by Gasteiger charge is -2.33. The molecule has 8 heteroatoms. The molecule has 7 nitrogen and oxygen atoms in total. The Kier molecular flexibility index (Phi) is 5.92. The average Bonchev–Trinajstić information content (AvgIpc) is 2.94. The van der Waals surface area contributed by atoms with E-state index in [0.29, 0.717) is 23.1 Å². The van der Waals surface area contributed by atoms with Gasteiger partial charge in [-0.25, -0.2) is 4.79 Å². The van der Waals surface area contributed by atoms with Gasteiger partial charge in [0.2, 0.25) is 0 Å². The second-order valence-electron chi connectivity index (χ2n) is 6.77. The van der Waals surface area contributed by atoms with E-state index in [1.165, 1.54) is 4.57 Å². The summed E-state index contributed by atoms with van der Waals surface area (Å²) in [5.41, 5.74) is 0.806. The number of anilines is 2. The standard InChI is InChI=1S/C19H26ClN5O2/c1-4-10-21-18-24(11-5-2)17-15(16(26)22-19(27)23(17)3)25(18)12-13-6-8-14(20)9-7-13/h6-9,18,21H,4-5,10-12H2,1-3H3,(H,22,26,27). The molecule has 146 valence electrons. The molecule has 1 unspecified atom stereocenters. The zero-order chi connectivity index (χ0) is 19.6. The first-order valence-electron chi connectivity index (χ1n) is 9.32. The highest BCUT2D eigenvalue weighted by atomic mass is 35.5. The summed E-state index contributed by atoms with van der Waals surface area (Å²) < 4.78 is 1.52. The number of hydrogen-bond acceptors (Lipinski definition) is 5. The summed E-state index contributed by atoms with van der Waals surface area (Å²) in [4.78, 5) is 31.5. The highest BCUT2D eigenvalue weighted by molar-refractivity contribution is 6.30. The fourth-order valence-corrected chi connectivity index (χ4v) is 3.63. The summed E-state index contributed by atoms with van der Waals surface area (Å²) in [5, 5.41) is 4.20. The molecule has 27 heavy (non-hydrogen) atoms. The van der Waals surface area contributed by atoms with E-state index in [0.717, 1.165) is 31.5 Å². The summed E-state index contributed by atoms with van der Waals surface area (Å²) in [6, 6.07) is 7.60. The predicted molar refractivity (Wildman–Crippen MR) is 110 cm³/mol. The number of aromatic amines is 1. The third-order valence-electron chi connectivity index (χ3n) is 4.73. The largest absolute Gasteiger partial charge is 0.329 e. The molecule has 0 aliphatic carbocycles. The first-order chi connectivity index (χ1) is 13.0. The molecule has 2 aromatic rings. The van der Waals surface area contributed by atoms with Gasteiger partial charge in [-0.3, -0.25) is 19.7 Å². The fourth-order valence-electron chi connectivity index (χ4n) is 3.51. The number of halogens is 1. The highest BCUT2D eigenvalue weighted by Gasteiger charge is 2.39. The van der Waals surface area contributed by atoms with Crippen LogP contribution in [0.1, 0.15) is 32.3 Å². The average molecular weight is 392 g/mol. The molecule has 1 aliphatic rings. The van der Waals surface area contributed by atoms with Crippen molar-refractivity contribution in [3.63, 3.8) is 0 Å². The van der Waals surface area contributed by atoms with Gasteiger partial charge in [0.15, 0.2) is 6.29 Å². The Bertz CT molecular complexity index is 906. The SMILES string of the molecule is CCCNC1N(Cc2ccc(Cl)cc2)c2c(n(C)c(=O)[nH]c2=O)N1CCC. The Hall–Kier alpha value is -2.25. The summed E-state index contributed by atoms with van der Waals surface area (Å²) in [6.45, 7) is 6.27. The summed E-state index contributed by atoms with van der Waals surface area (Å²) in [6.07, 6.45) is 1.68. The van der Waals surface area contributed by atoms with Crippen LogP contribution < -0.4 is 26.4 Å². The topological polar surface area (TPSA) is 73.4 Å². The van der Waals surface area contributed by atoms with Crippen molar-refractivity contribution in [3.8, 4) is 0 Å². The number of rotatable bonds is 7. The van der Waals surface area contributed by atoms with Gasteiger partial charge in [-0.05, 0) is 37.1 Å². The minimum absolute atomic E-state index is 0.190. The number of fused-ring (bicyclic) bond motifs is 1. The van der Waals surface area contributed by atoms with Crippen LogP contribution in [0.4, 0.5) is 11.5 Å². The van der Waals surface area contributed by atoms with Crippen LogP contribution in [0.3, 0.4) is 0 Å². The van der Waals surface area contributed by atoms with Gasteiger partial charge < -0.3 is 9.80 Å². The van der Waals surface area contributed by atoms with Crippen LogP contribution in [0.2, 0.25) is 5.02 Å². The molecule has 0 spiro atoms. The third-order valence-corrected chi connectivity index (χ3v) is 4.98. The van der Waals surface area contributed by atoms with Crippen molar-refractivity contribution < 1.29 is 0 Å². The van der Waals surface area contributed by atoms with E-state index in [1.807, 2.05) is 29.2 Å². The van der Waals surface area contributed by atoms with Gasteiger partial charge in [0.05, 0.1) is 0 Å². The molecule has 2 N–H and O–H groups in total. The van der Waals surface area contributed by atoms with Gasteiger partial charge in [-0.2, -0.15) is 0 Å². The number of hydrogen-bond donors (Lipinski definition) is 2. The Morgan fingerprint density at radius 3 is 2.44 bits per heavy atom. The monoisotopic (exact) mass is 391 g/mol. The maximum Gasteiger partial charge on any atom is 0.329 e. The molecular formula is C19H26ClN5O2. The van der Waals surface area contributed by atoms with Crippen LogP contribution in [-0.2, 0) is 13.6 Å². The molecule has 1 aliphatic heterocycles. The zero-order valence-corrected chi connectivity index (χ0v) is 16.7. The number of nitrogens with zero attached hydrogens (tertiary/aromatic N) is 3. The molecule has 0 fully saturated rings.